The largest absolute Gasteiger partial charge is 0.246 e. The molecule has 0 saturated carbocycles. The molecular weight excluding hydrogens is 903 g/mol. The van der Waals surface area contributed by atoms with Crippen LogP contribution < -0.4 is 4.90 Å². The van der Waals surface area contributed by atoms with Gasteiger partial charge < -0.3 is 0 Å². The molecule has 7 heteroatoms. The highest BCUT2D eigenvalue weighted by atomic mass is 15.4. The average molecular weight is 958 g/mol. The molecule has 0 fully saturated rings. The molecular formula is C67H55N7. The molecule has 0 saturated heterocycles. The van der Waals surface area contributed by atoms with Crippen LogP contribution >= 0.6 is 0 Å². The number of aryl methyl sites for hydroxylation is 6. The van der Waals surface area contributed by atoms with E-state index in [1.165, 1.54) is 44.5 Å². The normalized spacial score (nSPS) is 11.2. The molecule has 0 radical (unpaired) electrons. The first-order chi connectivity index (χ1) is 36.1. The summed E-state index contributed by atoms with van der Waals surface area (Å²) in [5.74, 6) is 2.73. The monoisotopic (exact) mass is 957 g/mol. The maximum atomic E-state index is 5.39. The van der Waals surface area contributed by atoms with Gasteiger partial charge in [0.2, 0.25) is 11.9 Å². The third-order valence-electron chi connectivity index (χ3n) is 13.7. The Bertz CT molecular complexity index is 3510. The number of hydrogen-bond acceptors (Lipinski definition) is 7. The fraction of sp³-hybridized carbons (Fsp3) is 0.104. The molecule has 0 aliphatic carbocycles. The number of anilines is 3. The zero-order valence-corrected chi connectivity index (χ0v) is 42.5. The van der Waals surface area contributed by atoms with Gasteiger partial charge in [0.1, 0.15) is 0 Å². The van der Waals surface area contributed by atoms with Crippen LogP contribution in [0.1, 0.15) is 56.0 Å². The Morgan fingerprint density at radius 1 is 0.284 bits per heavy atom. The van der Waals surface area contributed by atoms with E-state index in [1.807, 2.05) is 77.7 Å². The van der Waals surface area contributed by atoms with Gasteiger partial charge in [-0.3, -0.25) is 0 Å². The van der Waals surface area contributed by atoms with Crippen molar-refractivity contribution in [3.8, 4) is 67.8 Å². The Kier molecular flexibility index (Phi) is 13.1. The zero-order valence-electron chi connectivity index (χ0n) is 42.5. The molecule has 0 aliphatic heterocycles. The predicted molar refractivity (Wildman–Crippen MR) is 303 cm³/mol. The summed E-state index contributed by atoms with van der Waals surface area (Å²) in [7, 11) is 0. The van der Waals surface area contributed by atoms with Gasteiger partial charge in [0.15, 0.2) is 23.3 Å². The van der Waals surface area contributed by atoms with Crippen LogP contribution in [0.5, 0.6) is 0 Å². The molecule has 2 aromatic heterocycles. The lowest BCUT2D eigenvalue weighted by molar-refractivity contribution is 0.917. The predicted octanol–water partition coefficient (Wildman–Crippen LogP) is 16.6. The molecule has 0 spiro atoms. The van der Waals surface area contributed by atoms with Crippen LogP contribution in [0, 0.1) is 41.5 Å². The van der Waals surface area contributed by atoms with Gasteiger partial charge in [-0.1, -0.05) is 205 Å². The third kappa shape index (κ3) is 9.76. The number of aromatic nitrogens is 6. The van der Waals surface area contributed by atoms with Crippen LogP contribution in [0.2, 0.25) is 0 Å². The van der Waals surface area contributed by atoms with E-state index in [4.69, 9.17) is 29.9 Å². The van der Waals surface area contributed by atoms with Gasteiger partial charge >= 0.3 is 0 Å². The Hall–Kier alpha value is -9.20. The smallest absolute Gasteiger partial charge is 0.241 e. The molecule has 0 atom stereocenters. The fourth-order valence-corrected chi connectivity index (χ4v) is 10.5. The van der Waals surface area contributed by atoms with Crippen LogP contribution in [0.15, 0.2) is 218 Å². The van der Waals surface area contributed by atoms with Crippen molar-refractivity contribution in [1.29, 1.82) is 0 Å². The van der Waals surface area contributed by atoms with Gasteiger partial charge in [-0.2, -0.15) is 19.9 Å². The summed E-state index contributed by atoms with van der Waals surface area (Å²) in [6.45, 7) is 13.3. The third-order valence-corrected chi connectivity index (χ3v) is 13.7. The Labute approximate surface area is 434 Å². The highest BCUT2D eigenvalue weighted by molar-refractivity contribution is 5.77. The summed E-state index contributed by atoms with van der Waals surface area (Å²) in [6, 6.07) is 75.6. The minimum Gasteiger partial charge on any atom is -0.246 e. The quantitative estimate of drug-likeness (QED) is 0.113. The van der Waals surface area contributed by atoms with E-state index in [9.17, 15) is 0 Å². The minimum atomic E-state index is -0.0330. The van der Waals surface area contributed by atoms with E-state index in [0.717, 1.165) is 55.8 Å². The maximum absolute atomic E-state index is 5.39. The van der Waals surface area contributed by atoms with E-state index in [1.54, 1.807) is 0 Å². The molecule has 0 N–H and O–H groups in total. The number of benzene rings is 9. The van der Waals surface area contributed by atoms with E-state index in [2.05, 4.69) is 187 Å². The van der Waals surface area contributed by atoms with Crippen LogP contribution in [0.4, 0.5) is 17.6 Å². The summed E-state index contributed by atoms with van der Waals surface area (Å²) in [6.07, 6.45) is 0. The van der Waals surface area contributed by atoms with E-state index in [-0.39, 0.29) is 5.92 Å². The number of rotatable bonds is 12. The number of hydrogen-bond donors (Lipinski definition) is 0. The van der Waals surface area contributed by atoms with Crippen LogP contribution in [-0.4, -0.2) is 29.9 Å². The van der Waals surface area contributed by atoms with Crippen molar-refractivity contribution in [3.63, 3.8) is 0 Å². The summed E-state index contributed by atoms with van der Waals surface area (Å²) in [5, 5.41) is 0. The summed E-state index contributed by atoms with van der Waals surface area (Å²) in [5.41, 5.74) is 19.8. The Balaban J connectivity index is 1.16. The fourth-order valence-electron chi connectivity index (χ4n) is 10.5. The van der Waals surface area contributed by atoms with Crippen LogP contribution in [-0.2, 0) is 0 Å². The lowest BCUT2D eigenvalue weighted by Crippen LogP contribution is -2.19. The molecule has 74 heavy (non-hydrogen) atoms. The van der Waals surface area contributed by atoms with Crippen LogP contribution in [0.3, 0.4) is 0 Å². The highest BCUT2D eigenvalue weighted by Gasteiger charge is 2.28. The molecule has 0 unspecified atom stereocenters. The first-order valence-electron chi connectivity index (χ1n) is 25.1. The molecule has 11 rings (SSSR count). The summed E-state index contributed by atoms with van der Waals surface area (Å²) >= 11 is 0. The first kappa shape index (κ1) is 47.1. The SMILES string of the molecule is Cc1cc(C)c(C(c2ccc(N(c3nc(-c4ccccc4)nc(-c4cccc(-c5ccccc5)c4)n3)c3nc(-c4ccccc4)nc(-c4cccc(-c5ccccc5)c4)n3)cc2)c2c(C)cc(C)cc2C)c(C)c1. The van der Waals surface area contributed by atoms with Gasteiger partial charge in [0.05, 0.1) is 5.69 Å². The summed E-state index contributed by atoms with van der Waals surface area (Å²) < 4.78 is 0. The van der Waals surface area contributed by atoms with Crippen molar-refractivity contribution in [3.05, 3.63) is 268 Å². The topological polar surface area (TPSA) is 80.6 Å². The Morgan fingerprint density at radius 2 is 0.595 bits per heavy atom. The molecule has 358 valence electrons. The van der Waals surface area contributed by atoms with E-state index in [0.29, 0.717) is 35.2 Å². The second kappa shape index (κ2) is 20.5. The highest BCUT2D eigenvalue weighted by Crippen LogP contribution is 2.42. The van der Waals surface area contributed by atoms with E-state index >= 15 is 0 Å². The van der Waals surface area contributed by atoms with Crippen molar-refractivity contribution < 1.29 is 0 Å². The lowest BCUT2D eigenvalue weighted by Gasteiger charge is -2.28. The van der Waals surface area contributed by atoms with E-state index < -0.39 is 0 Å². The van der Waals surface area contributed by atoms with Crippen molar-refractivity contribution >= 4 is 17.6 Å². The second-order valence-corrected chi connectivity index (χ2v) is 19.2. The summed E-state index contributed by atoms with van der Waals surface area (Å²) in [4.78, 5) is 33.8. The molecule has 0 aliphatic rings. The average Bonchev–Trinajstić information content (AvgIpc) is 3.43. The minimum absolute atomic E-state index is 0.0330. The molecule has 9 aromatic carbocycles. The van der Waals surface area contributed by atoms with Gasteiger partial charge in [-0.05, 0) is 127 Å². The maximum Gasteiger partial charge on any atom is 0.241 e. The van der Waals surface area contributed by atoms with Crippen molar-refractivity contribution in [2.24, 2.45) is 0 Å². The number of nitrogens with zero attached hydrogens (tertiary/aromatic N) is 7. The standard InChI is InChI=1S/C67H55N7/c1-43-37-45(3)59(46(4)38-43)61(60-47(5)39-44(2)40-48(60)6)51-33-35-58(36-34-51)74(66-70-62(52-25-15-9-16-26-52)68-64(72-66)56-31-19-29-54(41-56)49-21-11-7-12-22-49)67-71-63(53-27-17-10-18-28-53)69-65(73-67)57-32-20-30-55(42-57)50-23-13-8-14-24-50/h7-42,61H,1-6H3. The molecule has 7 nitrogen and oxygen atoms in total. The second-order valence-electron chi connectivity index (χ2n) is 19.2. The molecule has 0 bridgehead atoms. The van der Waals surface area contributed by atoms with Gasteiger partial charge in [-0.15, -0.1) is 0 Å². The van der Waals surface area contributed by atoms with Crippen molar-refractivity contribution in [2.45, 2.75) is 47.5 Å². The molecule has 11 aromatic rings. The lowest BCUT2D eigenvalue weighted by atomic mass is 9.77. The van der Waals surface area contributed by atoms with Crippen molar-refractivity contribution in [2.75, 3.05) is 4.90 Å². The van der Waals surface area contributed by atoms with Gasteiger partial charge in [0.25, 0.3) is 0 Å². The zero-order chi connectivity index (χ0) is 50.7. The first-order valence-corrected chi connectivity index (χ1v) is 25.1. The van der Waals surface area contributed by atoms with Crippen LogP contribution in [0.25, 0.3) is 67.8 Å². The molecule has 2 heterocycles. The van der Waals surface area contributed by atoms with Crippen molar-refractivity contribution in [1.82, 2.24) is 29.9 Å². The van der Waals surface area contributed by atoms with Gasteiger partial charge in [0, 0.05) is 28.2 Å². The molecule has 0 amide bonds. The van der Waals surface area contributed by atoms with Gasteiger partial charge in [-0.25, -0.2) is 14.9 Å². The Morgan fingerprint density at radius 3 is 0.959 bits per heavy atom.